The van der Waals surface area contributed by atoms with Crippen molar-refractivity contribution >= 4 is 11.6 Å². The Hall–Kier alpha value is -1.61. The van der Waals surface area contributed by atoms with Crippen molar-refractivity contribution in [3.63, 3.8) is 0 Å². The van der Waals surface area contributed by atoms with Gasteiger partial charge in [0, 0.05) is 11.2 Å². The molecule has 1 heterocycles. The van der Waals surface area contributed by atoms with Gasteiger partial charge in [-0.15, -0.1) is 0 Å². The summed E-state index contributed by atoms with van der Waals surface area (Å²) < 4.78 is 0. The summed E-state index contributed by atoms with van der Waals surface area (Å²) in [5.74, 6) is 0.670. The van der Waals surface area contributed by atoms with Crippen molar-refractivity contribution in [1.82, 2.24) is 5.32 Å². The van der Waals surface area contributed by atoms with Crippen molar-refractivity contribution in [3.05, 3.63) is 41.5 Å². The molecule has 136 valence electrons. The molecule has 0 unspecified atom stereocenters. The van der Waals surface area contributed by atoms with Crippen LogP contribution in [0.5, 0.6) is 0 Å². The van der Waals surface area contributed by atoms with Crippen LogP contribution in [0.25, 0.3) is 0 Å². The first-order valence-electron chi connectivity index (χ1n) is 9.79. The largest absolute Gasteiger partial charge is 0.308 e. The second-order valence-corrected chi connectivity index (χ2v) is 8.24. The van der Waals surface area contributed by atoms with Crippen LogP contribution in [0, 0.1) is 0 Å². The Labute approximate surface area is 152 Å². The number of carbonyl (C=O) groups is 1. The molecule has 0 bridgehead atoms. The number of nitrogens with one attached hydrogen (secondary N) is 1. The maximum absolute atomic E-state index is 13.0. The van der Waals surface area contributed by atoms with E-state index < -0.39 is 0 Å². The Morgan fingerprint density at radius 3 is 2.84 bits per heavy atom. The third-order valence-corrected chi connectivity index (χ3v) is 5.65. The summed E-state index contributed by atoms with van der Waals surface area (Å²) in [6.07, 6.45) is 9.58. The van der Waals surface area contributed by atoms with Crippen LogP contribution in [0.1, 0.15) is 70.8 Å². The second kappa shape index (κ2) is 7.74. The van der Waals surface area contributed by atoms with E-state index in [1.165, 1.54) is 31.2 Å². The Balaban J connectivity index is 1.62. The summed E-state index contributed by atoms with van der Waals surface area (Å²) in [5.41, 5.74) is 3.80. The zero-order valence-electron chi connectivity index (χ0n) is 16.0. The van der Waals surface area contributed by atoms with Crippen LogP contribution >= 0.6 is 0 Å². The van der Waals surface area contributed by atoms with E-state index in [9.17, 15) is 4.79 Å². The summed E-state index contributed by atoms with van der Waals surface area (Å²) in [7, 11) is 0. The van der Waals surface area contributed by atoms with Gasteiger partial charge in [0.25, 0.3) is 0 Å². The number of allylic oxidation sites excluding steroid dienone is 1. The van der Waals surface area contributed by atoms with Gasteiger partial charge in [-0.1, -0.05) is 36.8 Å². The molecule has 25 heavy (non-hydrogen) atoms. The van der Waals surface area contributed by atoms with Gasteiger partial charge in [0.05, 0.1) is 6.54 Å². The number of rotatable bonds is 5. The van der Waals surface area contributed by atoms with E-state index in [0.29, 0.717) is 12.5 Å². The predicted molar refractivity (Wildman–Crippen MR) is 105 cm³/mol. The third-order valence-electron chi connectivity index (χ3n) is 5.65. The summed E-state index contributed by atoms with van der Waals surface area (Å²) in [4.78, 5) is 15.0. The topological polar surface area (TPSA) is 32.3 Å². The van der Waals surface area contributed by atoms with Crippen molar-refractivity contribution in [2.75, 3.05) is 18.0 Å². The second-order valence-electron chi connectivity index (χ2n) is 8.24. The fourth-order valence-corrected chi connectivity index (χ4v) is 4.51. The van der Waals surface area contributed by atoms with Gasteiger partial charge < -0.3 is 10.2 Å². The molecule has 0 aromatic heterocycles. The molecule has 0 fully saturated rings. The van der Waals surface area contributed by atoms with Gasteiger partial charge in [-0.2, -0.15) is 0 Å². The number of anilines is 1. The molecule has 0 saturated heterocycles. The van der Waals surface area contributed by atoms with E-state index in [-0.39, 0.29) is 11.4 Å². The Morgan fingerprint density at radius 2 is 2.08 bits per heavy atom. The van der Waals surface area contributed by atoms with Crippen LogP contribution < -0.4 is 10.2 Å². The van der Waals surface area contributed by atoms with Crippen LogP contribution in [0.4, 0.5) is 5.69 Å². The van der Waals surface area contributed by atoms with Crippen LogP contribution in [-0.2, 0) is 4.79 Å². The van der Waals surface area contributed by atoms with Crippen molar-refractivity contribution in [3.8, 4) is 0 Å². The fourth-order valence-electron chi connectivity index (χ4n) is 4.51. The van der Waals surface area contributed by atoms with Crippen molar-refractivity contribution in [1.29, 1.82) is 0 Å². The molecular weight excluding hydrogens is 308 g/mol. The minimum Gasteiger partial charge on any atom is -0.308 e. The smallest absolute Gasteiger partial charge is 0.241 e. The molecule has 2 aliphatic rings. The standard InChI is InChI=1S/C22H32N2O/c1-17-15-22(2,3)24(20-12-8-7-11-19(17)20)21(25)16-23-14-13-18-9-5-4-6-10-18/h7-9,11-12,17,23H,4-6,10,13-16H2,1-3H3/t17-/m1/s1. The van der Waals surface area contributed by atoms with Crippen LogP contribution in [-0.4, -0.2) is 24.5 Å². The molecule has 3 rings (SSSR count). The number of amides is 1. The van der Waals surface area contributed by atoms with Crippen molar-refractivity contribution < 1.29 is 4.79 Å². The first-order valence-corrected chi connectivity index (χ1v) is 9.79. The Kier molecular flexibility index (Phi) is 5.63. The molecule has 3 heteroatoms. The van der Waals surface area contributed by atoms with E-state index in [1.54, 1.807) is 5.57 Å². The lowest BCUT2D eigenvalue weighted by atomic mass is 9.80. The predicted octanol–water partition coefficient (Wildman–Crippen LogP) is 4.79. The highest BCUT2D eigenvalue weighted by atomic mass is 16.2. The highest BCUT2D eigenvalue weighted by Crippen LogP contribution is 2.43. The number of carbonyl (C=O) groups excluding carboxylic acids is 1. The van der Waals surface area contributed by atoms with Crippen molar-refractivity contribution in [2.45, 2.75) is 70.8 Å². The number of benzene rings is 1. The lowest BCUT2D eigenvalue weighted by Gasteiger charge is -2.46. The average molecular weight is 341 g/mol. The third kappa shape index (κ3) is 4.14. The minimum absolute atomic E-state index is 0.140. The Morgan fingerprint density at radius 1 is 1.28 bits per heavy atom. The molecule has 1 atom stereocenters. The summed E-state index contributed by atoms with van der Waals surface area (Å²) >= 11 is 0. The maximum atomic E-state index is 13.0. The molecule has 1 aliphatic carbocycles. The zero-order chi connectivity index (χ0) is 17.9. The Bertz CT molecular complexity index is 647. The van der Waals surface area contributed by atoms with Gasteiger partial charge >= 0.3 is 0 Å². The summed E-state index contributed by atoms with van der Waals surface area (Å²) in [6.45, 7) is 7.94. The molecule has 1 aliphatic heterocycles. The molecule has 1 aromatic carbocycles. The van der Waals surface area contributed by atoms with Gasteiger partial charge in [-0.3, -0.25) is 4.79 Å². The summed E-state index contributed by atoms with van der Waals surface area (Å²) in [5, 5.41) is 3.38. The van der Waals surface area contributed by atoms with E-state index in [2.05, 4.69) is 50.4 Å². The van der Waals surface area contributed by atoms with Crippen LogP contribution in [0.3, 0.4) is 0 Å². The van der Waals surface area contributed by atoms with Gasteiger partial charge in [-0.05, 0) is 76.5 Å². The number of hydrogen-bond acceptors (Lipinski definition) is 2. The quantitative estimate of drug-likeness (QED) is 0.617. The van der Waals surface area contributed by atoms with E-state index in [1.807, 2.05) is 11.0 Å². The molecular formula is C22H32N2O. The highest BCUT2D eigenvalue weighted by Gasteiger charge is 2.39. The minimum atomic E-state index is -0.140. The molecule has 1 N–H and O–H groups in total. The zero-order valence-corrected chi connectivity index (χ0v) is 16.0. The lowest BCUT2D eigenvalue weighted by molar-refractivity contribution is -0.119. The van der Waals surface area contributed by atoms with Crippen LogP contribution in [0.2, 0.25) is 0 Å². The average Bonchev–Trinajstić information content (AvgIpc) is 2.59. The van der Waals surface area contributed by atoms with E-state index in [0.717, 1.165) is 25.1 Å². The van der Waals surface area contributed by atoms with Gasteiger partial charge in [0.1, 0.15) is 0 Å². The van der Waals surface area contributed by atoms with Gasteiger partial charge in [-0.25, -0.2) is 0 Å². The molecule has 1 aromatic rings. The van der Waals surface area contributed by atoms with Crippen LogP contribution in [0.15, 0.2) is 35.9 Å². The van der Waals surface area contributed by atoms with Gasteiger partial charge in [0.15, 0.2) is 0 Å². The van der Waals surface area contributed by atoms with Gasteiger partial charge in [0.2, 0.25) is 5.91 Å². The monoisotopic (exact) mass is 340 g/mol. The SMILES string of the molecule is C[C@@H]1CC(C)(C)N(C(=O)CNCCC2=CCCCC2)c2ccccc21. The fraction of sp³-hybridized carbons (Fsp3) is 0.591. The number of para-hydroxylation sites is 1. The van der Waals surface area contributed by atoms with E-state index >= 15 is 0 Å². The lowest BCUT2D eigenvalue weighted by Crippen LogP contribution is -2.54. The molecule has 1 amide bonds. The molecule has 0 spiro atoms. The highest BCUT2D eigenvalue weighted by molar-refractivity contribution is 5.97. The van der Waals surface area contributed by atoms with Crippen molar-refractivity contribution in [2.24, 2.45) is 0 Å². The first kappa shape index (κ1) is 18.2. The first-order chi connectivity index (χ1) is 12.0. The molecule has 3 nitrogen and oxygen atoms in total. The maximum Gasteiger partial charge on any atom is 0.241 e. The summed E-state index contributed by atoms with van der Waals surface area (Å²) in [6, 6.07) is 8.37. The number of hydrogen-bond donors (Lipinski definition) is 1. The normalized spacial score (nSPS) is 22.3. The molecule has 0 saturated carbocycles. The number of fused-ring (bicyclic) bond motifs is 1. The number of nitrogens with zero attached hydrogens (tertiary/aromatic N) is 1. The molecule has 0 radical (unpaired) electrons. The van der Waals surface area contributed by atoms with E-state index in [4.69, 9.17) is 0 Å².